The minimum atomic E-state index is -0.854. The number of nitrogens with one attached hydrogen (secondary N) is 1. The Morgan fingerprint density at radius 3 is 2.29 bits per heavy atom. The second kappa shape index (κ2) is 5.79. The van der Waals surface area contributed by atoms with Gasteiger partial charge in [0, 0.05) is 6.54 Å². The van der Waals surface area contributed by atoms with Gasteiger partial charge in [-0.05, 0) is 49.9 Å². The van der Waals surface area contributed by atoms with Crippen LogP contribution in [0.15, 0.2) is 12.2 Å². The van der Waals surface area contributed by atoms with Gasteiger partial charge in [-0.15, -0.1) is 0 Å². The van der Waals surface area contributed by atoms with E-state index in [0.29, 0.717) is 12.5 Å². The number of hydrogen-bond acceptors (Lipinski definition) is 3. The highest BCUT2D eigenvalue weighted by atomic mass is 16.4. The lowest BCUT2D eigenvalue weighted by Gasteiger charge is -2.28. The first kappa shape index (κ1) is 14.6. The predicted molar refractivity (Wildman–Crippen MR) is 76.3 cm³/mol. The maximum atomic E-state index is 12.4. The van der Waals surface area contributed by atoms with E-state index < -0.39 is 17.8 Å². The van der Waals surface area contributed by atoms with Gasteiger partial charge in [0.05, 0.1) is 17.9 Å². The van der Waals surface area contributed by atoms with Gasteiger partial charge in [0.15, 0.2) is 0 Å². The molecule has 3 aliphatic carbocycles. The Hall–Kier alpha value is -1.36. The molecule has 4 atom stereocenters. The minimum Gasteiger partial charge on any atom is -0.481 e. The first-order valence-corrected chi connectivity index (χ1v) is 7.93. The first-order chi connectivity index (χ1) is 10.1. The molecule has 1 amide bonds. The van der Waals surface area contributed by atoms with Crippen LogP contribution in [0.5, 0.6) is 0 Å². The second-order valence-corrected chi connectivity index (χ2v) is 6.76. The van der Waals surface area contributed by atoms with Crippen LogP contribution in [0, 0.1) is 29.6 Å². The standard InChI is InChI=1S/C16H23NO4/c18-12-5-1-9(2-6-12)8-17-15(19)13-10-3-4-11(7-10)14(13)16(20)21/h3-4,9-14,18H,1-2,5-8H2,(H,17,19)(H,20,21). The Balaban J connectivity index is 1.55. The number of rotatable bonds is 4. The molecule has 0 aromatic rings. The van der Waals surface area contributed by atoms with Crippen molar-refractivity contribution in [2.24, 2.45) is 29.6 Å². The highest BCUT2D eigenvalue weighted by Gasteiger charge is 2.51. The molecule has 0 saturated heterocycles. The Bertz CT molecular complexity index is 453. The third-order valence-corrected chi connectivity index (χ3v) is 5.43. The average molecular weight is 293 g/mol. The zero-order chi connectivity index (χ0) is 15.0. The van der Waals surface area contributed by atoms with Gasteiger partial charge >= 0.3 is 5.97 Å². The Kier molecular flexibility index (Phi) is 4.02. The quantitative estimate of drug-likeness (QED) is 0.679. The number of amides is 1. The van der Waals surface area contributed by atoms with Crippen LogP contribution < -0.4 is 5.32 Å². The molecule has 3 rings (SSSR count). The maximum Gasteiger partial charge on any atom is 0.307 e. The van der Waals surface area contributed by atoms with E-state index in [0.717, 1.165) is 32.1 Å². The summed E-state index contributed by atoms with van der Waals surface area (Å²) < 4.78 is 0. The summed E-state index contributed by atoms with van der Waals surface area (Å²) in [5.74, 6) is -1.41. The van der Waals surface area contributed by atoms with E-state index in [9.17, 15) is 19.8 Å². The molecule has 0 radical (unpaired) electrons. The number of hydrogen-bond donors (Lipinski definition) is 3. The van der Waals surface area contributed by atoms with Crippen LogP contribution in [0.4, 0.5) is 0 Å². The number of allylic oxidation sites excluding steroid dienone is 2. The molecule has 5 nitrogen and oxygen atoms in total. The molecule has 0 spiro atoms. The number of aliphatic carboxylic acids is 1. The molecule has 2 saturated carbocycles. The summed E-state index contributed by atoms with van der Waals surface area (Å²) in [6.45, 7) is 0.607. The lowest BCUT2D eigenvalue weighted by Crippen LogP contribution is -2.42. The molecule has 3 aliphatic rings. The zero-order valence-corrected chi connectivity index (χ0v) is 12.1. The molecular weight excluding hydrogens is 270 g/mol. The molecule has 5 heteroatoms. The molecule has 0 aromatic heterocycles. The van der Waals surface area contributed by atoms with Crippen molar-refractivity contribution in [2.45, 2.75) is 38.2 Å². The van der Waals surface area contributed by atoms with Crippen molar-refractivity contribution in [3.05, 3.63) is 12.2 Å². The number of aliphatic hydroxyl groups excluding tert-OH is 1. The molecular formula is C16H23NO4. The molecule has 0 heterocycles. The van der Waals surface area contributed by atoms with Gasteiger partial charge in [-0.2, -0.15) is 0 Å². The van der Waals surface area contributed by atoms with Gasteiger partial charge in [-0.1, -0.05) is 12.2 Å². The maximum absolute atomic E-state index is 12.4. The number of carboxylic acids is 1. The normalized spacial score (nSPS) is 41.2. The molecule has 0 aliphatic heterocycles. The van der Waals surface area contributed by atoms with E-state index in [1.165, 1.54) is 0 Å². The van der Waals surface area contributed by atoms with Crippen LogP contribution in [-0.4, -0.2) is 34.7 Å². The summed E-state index contributed by atoms with van der Waals surface area (Å²) in [5.41, 5.74) is 0. The molecule has 3 N–H and O–H groups in total. The van der Waals surface area contributed by atoms with E-state index in [2.05, 4.69) is 5.32 Å². The summed E-state index contributed by atoms with van der Waals surface area (Å²) in [6.07, 6.45) is 8.03. The summed E-state index contributed by atoms with van der Waals surface area (Å²) >= 11 is 0. The van der Waals surface area contributed by atoms with E-state index >= 15 is 0 Å². The minimum absolute atomic E-state index is 0.0214. The van der Waals surface area contributed by atoms with Gasteiger partial charge in [-0.25, -0.2) is 0 Å². The smallest absolute Gasteiger partial charge is 0.307 e. The van der Waals surface area contributed by atoms with Crippen molar-refractivity contribution >= 4 is 11.9 Å². The number of carboxylic acid groups (broad SMARTS) is 1. The van der Waals surface area contributed by atoms with Crippen LogP contribution >= 0.6 is 0 Å². The number of fused-ring (bicyclic) bond motifs is 2. The van der Waals surface area contributed by atoms with Crippen LogP contribution in [0.2, 0.25) is 0 Å². The molecule has 0 aromatic carbocycles. The van der Waals surface area contributed by atoms with Crippen molar-refractivity contribution in [3.63, 3.8) is 0 Å². The topological polar surface area (TPSA) is 86.6 Å². The fourth-order valence-corrected chi connectivity index (χ4v) is 4.23. The van der Waals surface area contributed by atoms with E-state index in [4.69, 9.17) is 0 Å². The Morgan fingerprint density at radius 2 is 1.67 bits per heavy atom. The third-order valence-electron chi connectivity index (χ3n) is 5.43. The molecule has 4 unspecified atom stereocenters. The first-order valence-electron chi connectivity index (χ1n) is 7.93. The van der Waals surface area contributed by atoms with Crippen molar-refractivity contribution in [2.75, 3.05) is 6.54 Å². The van der Waals surface area contributed by atoms with E-state index in [1.807, 2.05) is 12.2 Å². The largest absolute Gasteiger partial charge is 0.481 e. The van der Waals surface area contributed by atoms with Crippen LogP contribution in [0.1, 0.15) is 32.1 Å². The van der Waals surface area contributed by atoms with Gasteiger partial charge < -0.3 is 15.5 Å². The van der Waals surface area contributed by atoms with Gasteiger partial charge in [0.1, 0.15) is 0 Å². The fourth-order valence-electron chi connectivity index (χ4n) is 4.23. The number of carbonyl (C=O) groups excluding carboxylic acids is 1. The third kappa shape index (κ3) is 2.84. The summed E-state index contributed by atoms with van der Waals surface area (Å²) in [7, 11) is 0. The highest BCUT2D eigenvalue weighted by molar-refractivity contribution is 5.86. The predicted octanol–water partition coefficient (Wildman–Crippen LogP) is 1.18. The Morgan fingerprint density at radius 1 is 1.05 bits per heavy atom. The van der Waals surface area contributed by atoms with Crippen molar-refractivity contribution in [3.8, 4) is 0 Å². The summed E-state index contributed by atoms with van der Waals surface area (Å²) in [6, 6.07) is 0. The van der Waals surface area contributed by atoms with E-state index in [1.54, 1.807) is 0 Å². The lowest BCUT2D eigenvalue weighted by molar-refractivity contribution is -0.147. The molecule has 116 valence electrons. The summed E-state index contributed by atoms with van der Waals surface area (Å²) in [4.78, 5) is 23.8. The molecule has 2 bridgehead atoms. The van der Waals surface area contributed by atoms with Crippen LogP contribution in [0.25, 0.3) is 0 Å². The average Bonchev–Trinajstić information content (AvgIpc) is 3.06. The second-order valence-electron chi connectivity index (χ2n) is 6.76. The zero-order valence-electron chi connectivity index (χ0n) is 12.1. The highest BCUT2D eigenvalue weighted by Crippen LogP contribution is 2.48. The fraction of sp³-hybridized carbons (Fsp3) is 0.750. The van der Waals surface area contributed by atoms with Crippen LogP contribution in [0.3, 0.4) is 0 Å². The Labute approximate surface area is 124 Å². The van der Waals surface area contributed by atoms with Crippen LogP contribution in [-0.2, 0) is 9.59 Å². The monoisotopic (exact) mass is 293 g/mol. The number of aliphatic hydroxyl groups is 1. The van der Waals surface area contributed by atoms with Gasteiger partial charge in [-0.3, -0.25) is 9.59 Å². The lowest BCUT2D eigenvalue weighted by atomic mass is 9.82. The van der Waals surface area contributed by atoms with Gasteiger partial charge in [0.2, 0.25) is 5.91 Å². The van der Waals surface area contributed by atoms with Gasteiger partial charge in [0.25, 0.3) is 0 Å². The van der Waals surface area contributed by atoms with Crippen molar-refractivity contribution < 1.29 is 19.8 Å². The SMILES string of the molecule is O=C(O)C1C2C=CC(C2)C1C(=O)NCC1CCC(O)CC1. The number of carbonyl (C=O) groups is 2. The van der Waals surface area contributed by atoms with Crippen molar-refractivity contribution in [1.82, 2.24) is 5.32 Å². The van der Waals surface area contributed by atoms with Crippen molar-refractivity contribution in [1.29, 1.82) is 0 Å². The van der Waals surface area contributed by atoms with E-state index in [-0.39, 0.29) is 23.8 Å². The summed E-state index contributed by atoms with van der Waals surface area (Å²) in [5, 5.41) is 21.8. The molecule has 21 heavy (non-hydrogen) atoms. The molecule has 2 fully saturated rings.